The molecule has 0 amide bonds. The van der Waals surface area contributed by atoms with Gasteiger partial charge in [-0.05, 0) is 56.0 Å². The fraction of sp³-hybridized carbons (Fsp3) is 0.350. The molecule has 1 saturated carbocycles. The van der Waals surface area contributed by atoms with Crippen molar-refractivity contribution in [2.24, 2.45) is 5.92 Å². The maximum absolute atomic E-state index is 12.9. The number of carbonyl (C=O) groups is 1. The number of benzene rings is 1. The van der Waals surface area contributed by atoms with Crippen LogP contribution in [0.1, 0.15) is 36.4 Å². The van der Waals surface area contributed by atoms with E-state index in [-0.39, 0.29) is 23.1 Å². The van der Waals surface area contributed by atoms with E-state index >= 15 is 0 Å². The Morgan fingerprint density at radius 1 is 1.25 bits per heavy atom. The minimum absolute atomic E-state index is 0.0487. The third-order valence-corrected chi connectivity index (χ3v) is 5.30. The second-order valence-corrected chi connectivity index (χ2v) is 7.27. The van der Waals surface area contributed by atoms with Crippen LogP contribution >= 0.6 is 0 Å². The van der Waals surface area contributed by atoms with Crippen molar-refractivity contribution in [2.75, 3.05) is 0 Å². The third kappa shape index (κ3) is 3.23. The molecule has 0 radical (unpaired) electrons. The van der Waals surface area contributed by atoms with E-state index in [0.717, 1.165) is 37.0 Å². The van der Waals surface area contributed by atoms with Crippen LogP contribution in [0, 0.1) is 12.8 Å². The van der Waals surface area contributed by atoms with E-state index in [0.29, 0.717) is 17.4 Å². The molecule has 1 fully saturated rings. The zero-order chi connectivity index (χ0) is 20.1. The van der Waals surface area contributed by atoms with Crippen molar-refractivity contribution in [1.29, 1.82) is 0 Å². The number of aromatic nitrogens is 3. The molecule has 2 atom stereocenters. The molecule has 3 aromatic rings. The normalized spacial score (nSPS) is 20.0. The zero-order valence-electron chi connectivity index (χ0n) is 15.1. The number of hydrogen-bond acceptors (Lipinski definition) is 4. The molecule has 2 heterocycles. The van der Waals surface area contributed by atoms with Gasteiger partial charge in [0, 0.05) is 23.1 Å². The number of rotatable bonds is 3. The minimum atomic E-state index is -4.53. The molecule has 0 bridgehead atoms. The first kappa shape index (κ1) is 18.5. The summed E-state index contributed by atoms with van der Waals surface area (Å²) in [4.78, 5) is 15.4. The molecule has 146 valence electrons. The summed E-state index contributed by atoms with van der Waals surface area (Å²) in [6.07, 6.45) is 0.755. The maximum Gasteiger partial charge on any atom is 0.416 e. The van der Waals surface area contributed by atoms with Crippen molar-refractivity contribution in [2.45, 2.75) is 38.4 Å². The predicted octanol–water partition coefficient (Wildman–Crippen LogP) is 4.67. The number of carbonyl (C=O) groups excluding carboxylic acids is 1. The lowest BCUT2D eigenvalue weighted by atomic mass is 10.00. The quantitative estimate of drug-likeness (QED) is 0.661. The Balaban J connectivity index is 1.72. The molecule has 0 aliphatic heterocycles. The van der Waals surface area contributed by atoms with Gasteiger partial charge in [-0.15, -0.1) is 0 Å². The Labute approximate surface area is 158 Å². The lowest BCUT2D eigenvalue weighted by Gasteiger charge is -2.13. The van der Waals surface area contributed by atoms with Gasteiger partial charge in [0.2, 0.25) is 0 Å². The lowest BCUT2D eigenvalue weighted by molar-refractivity contribution is -0.137. The highest BCUT2D eigenvalue weighted by atomic mass is 19.4. The Bertz CT molecular complexity index is 1040. The van der Waals surface area contributed by atoms with E-state index in [2.05, 4.69) is 10.1 Å². The van der Waals surface area contributed by atoms with Crippen molar-refractivity contribution in [3.63, 3.8) is 0 Å². The number of pyridine rings is 1. The van der Waals surface area contributed by atoms with E-state index in [4.69, 9.17) is 0 Å². The summed E-state index contributed by atoms with van der Waals surface area (Å²) in [6.45, 7) is 1.51. The van der Waals surface area contributed by atoms with E-state index in [1.807, 2.05) is 10.9 Å². The highest BCUT2D eigenvalue weighted by Gasteiger charge is 2.32. The second-order valence-electron chi connectivity index (χ2n) is 7.27. The van der Waals surface area contributed by atoms with Gasteiger partial charge in [-0.2, -0.15) is 18.3 Å². The maximum atomic E-state index is 12.9. The van der Waals surface area contributed by atoms with Crippen LogP contribution in [-0.2, 0) is 11.0 Å². The summed E-state index contributed by atoms with van der Waals surface area (Å²) < 4.78 is 40.6. The van der Waals surface area contributed by atoms with Crippen LogP contribution in [0.4, 0.5) is 13.2 Å². The number of nitrogens with zero attached hydrogens (tertiary/aromatic N) is 3. The first-order valence-corrected chi connectivity index (χ1v) is 8.98. The molecule has 5 nitrogen and oxygen atoms in total. The number of alkyl halides is 3. The van der Waals surface area contributed by atoms with Crippen LogP contribution in [0.3, 0.4) is 0 Å². The molecule has 1 aromatic carbocycles. The van der Waals surface area contributed by atoms with E-state index in [1.54, 1.807) is 12.1 Å². The Hall–Kier alpha value is -2.90. The van der Waals surface area contributed by atoms with Crippen LogP contribution in [0.2, 0.25) is 0 Å². The number of phenols is 1. The van der Waals surface area contributed by atoms with E-state index < -0.39 is 17.5 Å². The van der Waals surface area contributed by atoms with Crippen molar-refractivity contribution in [1.82, 2.24) is 14.8 Å². The van der Waals surface area contributed by atoms with Crippen molar-refractivity contribution >= 4 is 17.3 Å². The zero-order valence-corrected chi connectivity index (χ0v) is 15.1. The number of aryl methyl sites for hydroxylation is 1. The molecule has 0 saturated heterocycles. The average Bonchev–Trinajstić information content (AvgIpc) is 3.26. The highest BCUT2D eigenvalue weighted by molar-refractivity contribution is 5.80. The molecule has 1 N–H and O–H groups in total. The van der Waals surface area contributed by atoms with Gasteiger partial charge < -0.3 is 9.90 Å². The van der Waals surface area contributed by atoms with Gasteiger partial charge in [-0.3, -0.25) is 4.68 Å². The molecule has 2 aromatic heterocycles. The molecule has 28 heavy (non-hydrogen) atoms. The van der Waals surface area contributed by atoms with E-state index in [1.165, 1.54) is 6.92 Å². The summed E-state index contributed by atoms with van der Waals surface area (Å²) in [5, 5.41) is 15.5. The Kier molecular flexibility index (Phi) is 4.36. The van der Waals surface area contributed by atoms with Crippen molar-refractivity contribution in [3.8, 4) is 17.0 Å². The predicted molar refractivity (Wildman–Crippen MR) is 96.8 cm³/mol. The number of halogens is 3. The van der Waals surface area contributed by atoms with Crippen LogP contribution < -0.4 is 0 Å². The van der Waals surface area contributed by atoms with E-state index in [9.17, 15) is 23.1 Å². The molecular formula is C20H18F3N3O2. The lowest BCUT2D eigenvalue weighted by Crippen LogP contribution is -2.06. The smallest absolute Gasteiger partial charge is 0.416 e. The number of fused-ring (bicyclic) bond motifs is 1. The standard InChI is InChI=1S/C20H18F3N3O2/c1-11-6-14(20(21,22)23)8-17(28)18(11)16-5-3-13-9-26(25-19(13)24-16)15-4-2-12(7-15)10-27/h3,5-6,8-10,12,15,28H,2,4,7H2,1H3. The Morgan fingerprint density at radius 3 is 2.68 bits per heavy atom. The van der Waals surface area contributed by atoms with Crippen LogP contribution in [0.25, 0.3) is 22.3 Å². The number of aldehydes is 1. The molecular weight excluding hydrogens is 371 g/mol. The molecule has 2 unspecified atom stereocenters. The summed E-state index contributed by atoms with van der Waals surface area (Å²) in [5.74, 6) is -0.421. The number of aromatic hydroxyl groups is 1. The fourth-order valence-corrected chi connectivity index (χ4v) is 3.87. The SMILES string of the molecule is Cc1cc(C(F)(F)F)cc(O)c1-c1ccc2cn(C3CCC(C=O)C3)nc2n1. The van der Waals surface area contributed by atoms with Crippen molar-refractivity contribution in [3.05, 3.63) is 41.6 Å². The van der Waals surface area contributed by atoms with Gasteiger partial charge in [0.25, 0.3) is 0 Å². The minimum Gasteiger partial charge on any atom is -0.507 e. The molecule has 1 aliphatic carbocycles. The molecule has 8 heteroatoms. The van der Waals surface area contributed by atoms with Gasteiger partial charge >= 0.3 is 6.18 Å². The first-order chi connectivity index (χ1) is 13.3. The molecule has 4 rings (SSSR count). The third-order valence-electron chi connectivity index (χ3n) is 5.30. The fourth-order valence-electron chi connectivity index (χ4n) is 3.87. The summed E-state index contributed by atoms with van der Waals surface area (Å²) >= 11 is 0. The summed E-state index contributed by atoms with van der Waals surface area (Å²) in [7, 11) is 0. The van der Waals surface area contributed by atoms with Gasteiger partial charge in [0.15, 0.2) is 5.65 Å². The van der Waals surface area contributed by atoms with Crippen LogP contribution in [-0.4, -0.2) is 26.2 Å². The summed E-state index contributed by atoms with van der Waals surface area (Å²) in [6, 6.07) is 5.29. The van der Waals surface area contributed by atoms with Crippen LogP contribution in [0.15, 0.2) is 30.5 Å². The largest absolute Gasteiger partial charge is 0.507 e. The van der Waals surface area contributed by atoms with Gasteiger partial charge in [0.1, 0.15) is 12.0 Å². The molecule has 1 aliphatic rings. The highest BCUT2D eigenvalue weighted by Crippen LogP contribution is 2.39. The topological polar surface area (TPSA) is 68.0 Å². The van der Waals surface area contributed by atoms with Gasteiger partial charge in [-0.25, -0.2) is 4.98 Å². The van der Waals surface area contributed by atoms with Crippen molar-refractivity contribution < 1.29 is 23.1 Å². The Morgan fingerprint density at radius 2 is 2.04 bits per heavy atom. The van der Waals surface area contributed by atoms with Gasteiger partial charge in [-0.1, -0.05) is 0 Å². The average molecular weight is 389 g/mol. The van der Waals surface area contributed by atoms with Crippen LogP contribution in [0.5, 0.6) is 5.75 Å². The summed E-state index contributed by atoms with van der Waals surface area (Å²) in [5.41, 5.74) is 0.446. The monoisotopic (exact) mass is 389 g/mol. The van der Waals surface area contributed by atoms with Gasteiger partial charge in [0.05, 0.1) is 17.3 Å². The first-order valence-electron chi connectivity index (χ1n) is 8.98. The number of hydrogen-bond donors (Lipinski definition) is 1. The number of phenolic OH excluding ortho intramolecular Hbond substituents is 1. The molecule has 0 spiro atoms. The second kappa shape index (κ2) is 6.61.